The first-order valence-corrected chi connectivity index (χ1v) is 6.85. The lowest BCUT2D eigenvalue weighted by molar-refractivity contribution is -0.139. The van der Waals surface area contributed by atoms with Gasteiger partial charge in [0.05, 0.1) is 7.11 Å². The van der Waals surface area contributed by atoms with Crippen molar-refractivity contribution in [2.24, 2.45) is 5.92 Å². The first kappa shape index (κ1) is 14.6. The van der Waals surface area contributed by atoms with Crippen LogP contribution < -0.4 is 0 Å². The Kier molecular flexibility index (Phi) is 4.42. The molecule has 0 spiro atoms. The maximum atomic E-state index is 11.7. The van der Waals surface area contributed by atoms with Gasteiger partial charge in [-0.1, -0.05) is 24.3 Å². The zero-order valence-electron chi connectivity index (χ0n) is 12.0. The number of esters is 2. The van der Waals surface area contributed by atoms with Crippen LogP contribution in [0.1, 0.15) is 32.6 Å². The zero-order valence-corrected chi connectivity index (χ0v) is 12.0. The smallest absolute Gasteiger partial charge is 0.334 e. The van der Waals surface area contributed by atoms with Crippen LogP contribution >= 0.6 is 0 Å². The number of allylic oxidation sites excluding steroid dienone is 2. The van der Waals surface area contributed by atoms with Crippen LogP contribution in [0.2, 0.25) is 0 Å². The summed E-state index contributed by atoms with van der Waals surface area (Å²) in [5.74, 6) is -0.673. The van der Waals surface area contributed by atoms with Gasteiger partial charge >= 0.3 is 11.9 Å². The lowest BCUT2D eigenvalue weighted by Gasteiger charge is -2.18. The second kappa shape index (κ2) is 6.07. The number of hydrogen-bond donors (Lipinski definition) is 0. The third-order valence-electron chi connectivity index (χ3n) is 3.91. The van der Waals surface area contributed by atoms with E-state index in [1.54, 1.807) is 0 Å². The SMILES string of the molecule is C=C1C(=O)OC2CC(C)=CCCC(C(=O)OC)=CCC12. The van der Waals surface area contributed by atoms with E-state index in [2.05, 4.69) is 12.7 Å². The number of rotatable bonds is 1. The third-order valence-corrected chi connectivity index (χ3v) is 3.91. The Bertz CT molecular complexity index is 499. The highest BCUT2D eigenvalue weighted by Gasteiger charge is 2.38. The minimum absolute atomic E-state index is 0.0522. The predicted molar refractivity (Wildman–Crippen MR) is 74.8 cm³/mol. The van der Waals surface area contributed by atoms with Crippen molar-refractivity contribution in [3.05, 3.63) is 35.5 Å². The molecule has 1 heterocycles. The summed E-state index contributed by atoms with van der Waals surface area (Å²) in [5, 5.41) is 0. The molecule has 20 heavy (non-hydrogen) atoms. The highest BCUT2D eigenvalue weighted by molar-refractivity contribution is 5.91. The molecular weight excluding hydrogens is 256 g/mol. The molecule has 1 saturated heterocycles. The molecule has 2 aliphatic rings. The topological polar surface area (TPSA) is 52.6 Å². The van der Waals surface area contributed by atoms with Gasteiger partial charge in [-0.3, -0.25) is 0 Å². The van der Waals surface area contributed by atoms with Crippen LogP contribution in [-0.2, 0) is 19.1 Å². The van der Waals surface area contributed by atoms with Crippen molar-refractivity contribution in [3.8, 4) is 0 Å². The van der Waals surface area contributed by atoms with Crippen LogP contribution in [0.25, 0.3) is 0 Å². The first-order valence-electron chi connectivity index (χ1n) is 6.85. The summed E-state index contributed by atoms with van der Waals surface area (Å²) in [4.78, 5) is 23.4. The normalized spacial score (nSPS) is 27.1. The monoisotopic (exact) mass is 276 g/mol. The highest BCUT2D eigenvalue weighted by Crippen LogP contribution is 2.34. The summed E-state index contributed by atoms with van der Waals surface area (Å²) in [5.41, 5.74) is 2.34. The molecule has 0 aromatic carbocycles. The van der Waals surface area contributed by atoms with Crippen molar-refractivity contribution >= 4 is 11.9 Å². The molecule has 0 amide bonds. The van der Waals surface area contributed by atoms with Gasteiger partial charge in [0, 0.05) is 23.5 Å². The van der Waals surface area contributed by atoms with Crippen LogP contribution in [-0.4, -0.2) is 25.2 Å². The molecule has 2 atom stereocenters. The van der Waals surface area contributed by atoms with Gasteiger partial charge in [0.2, 0.25) is 0 Å². The maximum absolute atomic E-state index is 11.7. The molecule has 1 aliphatic heterocycles. The van der Waals surface area contributed by atoms with Gasteiger partial charge < -0.3 is 9.47 Å². The molecule has 2 unspecified atom stereocenters. The summed E-state index contributed by atoms with van der Waals surface area (Å²) >= 11 is 0. The zero-order chi connectivity index (χ0) is 14.7. The lowest BCUT2D eigenvalue weighted by Crippen LogP contribution is -2.18. The van der Waals surface area contributed by atoms with E-state index in [9.17, 15) is 9.59 Å². The molecular formula is C16H20O4. The number of hydrogen-bond acceptors (Lipinski definition) is 4. The second-order valence-electron chi connectivity index (χ2n) is 5.33. The molecule has 0 saturated carbocycles. The highest BCUT2D eigenvalue weighted by atomic mass is 16.6. The fourth-order valence-corrected chi connectivity index (χ4v) is 2.71. The Morgan fingerprint density at radius 2 is 2.20 bits per heavy atom. The number of fused-ring (bicyclic) bond motifs is 1. The Labute approximate surface area is 119 Å². The molecule has 0 N–H and O–H groups in total. The molecule has 0 aromatic heterocycles. The van der Waals surface area contributed by atoms with Crippen molar-refractivity contribution in [2.45, 2.75) is 38.7 Å². The Morgan fingerprint density at radius 3 is 2.90 bits per heavy atom. The lowest BCUT2D eigenvalue weighted by atomic mass is 9.88. The minimum atomic E-state index is -0.319. The van der Waals surface area contributed by atoms with E-state index in [1.807, 2.05) is 13.0 Å². The van der Waals surface area contributed by atoms with Crippen LogP contribution in [0, 0.1) is 5.92 Å². The van der Waals surface area contributed by atoms with Gasteiger partial charge in [-0.25, -0.2) is 9.59 Å². The second-order valence-corrected chi connectivity index (χ2v) is 5.33. The summed E-state index contributed by atoms with van der Waals surface area (Å²) in [6.07, 6.45) is 6.56. The van der Waals surface area contributed by atoms with Crippen LogP contribution in [0.4, 0.5) is 0 Å². The first-order chi connectivity index (χ1) is 9.52. The maximum Gasteiger partial charge on any atom is 0.334 e. The van der Waals surface area contributed by atoms with E-state index in [0.717, 1.165) is 12.8 Å². The van der Waals surface area contributed by atoms with E-state index in [0.29, 0.717) is 24.0 Å². The minimum Gasteiger partial charge on any atom is -0.466 e. The molecule has 0 aromatic rings. The van der Waals surface area contributed by atoms with Gasteiger partial charge in [0.15, 0.2) is 0 Å². The van der Waals surface area contributed by atoms with Crippen molar-refractivity contribution in [3.63, 3.8) is 0 Å². The summed E-state index contributed by atoms with van der Waals surface area (Å²) in [6, 6.07) is 0. The number of carbonyl (C=O) groups excluding carboxylic acids is 2. The van der Waals surface area contributed by atoms with Gasteiger partial charge in [-0.2, -0.15) is 0 Å². The van der Waals surface area contributed by atoms with Crippen molar-refractivity contribution in [1.82, 2.24) is 0 Å². The average molecular weight is 276 g/mol. The summed E-state index contributed by atoms with van der Waals surface area (Å²) < 4.78 is 10.2. The quantitative estimate of drug-likeness (QED) is 0.420. The fourth-order valence-electron chi connectivity index (χ4n) is 2.71. The fraction of sp³-hybridized carbons (Fsp3) is 0.500. The third kappa shape index (κ3) is 3.00. The van der Waals surface area contributed by atoms with E-state index in [1.165, 1.54) is 12.7 Å². The van der Waals surface area contributed by atoms with Gasteiger partial charge in [0.1, 0.15) is 6.10 Å². The Hall–Kier alpha value is -1.84. The Morgan fingerprint density at radius 1 is 1.45 bits per heavy atom. The molecule has 1 aliphatic carbocycles. The number of ether oxygens (including phenoxy) is 2. The molecule has 4 heteroatoms. The van der Waals surface area contributed by atoms with E-state index in [-0.39, 0.29) is 24.0 Å². The molecule has 2 rings (SSSR count). The van der Waals surface area contributed by atoms with Crippen LogP contribution in [0.5, 0.6) is 0 Å². The van der Waals surface area contributed by atoms with Gasteiger partial charge in [-0.05, 0) is 26.2 Å². The largest absolute Gasteiger partial charge is 0.466 e. The Balaban J connectivity index is 2.27. The van der Waals surface area contributed by atoms with Gasteiger partial charge in [0.25, 0.3) is 0 Å². The predicted octanol–water partition coefficient (Wildman–Crippen LogP) is 2.70. The van der Waals surface area contributed by atoms with Crippen molar-refractivity contribution in [1.29, 1.82) is 0 Å². The molecule has 0 bridgehead atoms. The molecule has 1 fully saturated rings. The number of methoxy groups -OCH3 is 1. The van der Waals surface area contributed by atoms with E-state index < -0.39 is 0 Å². The summed E-state index contributed by atoms with van der Waals surface area (Å²) in [6.45, 7) is 5.84. The standard InChI is InChI=1S/C16H20O4/c1-10-5-4-6-12(16(18)19-3)7-8-13-11(2)15(17)20-14(13)9-10/h5,7,13-14H,2,4,6,8-9H2,1,3H3. The van der Waals surface area contributed by atoms with Crippen molar-refractivity contribution in [2.75, 3.05) is 7.11 Å². The van der Waals surface area contributed by atoms with E-state index in [4.69, 9.17) is 9.47 Å². The summed E-state index contributed by atoms with van der Waals surface area (Å²) in [7, 11) is 1.38. The molecule has 0 radical (unpaired) electrons. The molecule has 108 valence electrons. The number of carbonyl (C=O) groups is 2. The van der Waals surface area contributed by atoms with Crippen molar-refractivity contribution < 1.29 is 19.1 Å². The average Bonchev–Trinajstić information content (AvgIpc) is 2.68. The van der Waals surface area contributed by atoms with Crippen LogP contribution in [0.15, 0.2) is 35.5 Å². The van der Waals surface area contributed by atoms with E-state index >= 15 is 0 Å². The van der Waals surface area contributed by atoms with Gasteiger partial charge in [-0.15, -0.1) is 0 Å². The molecule has 4 nitrogen and oxygen atoms in total. The van der Waals surface area contributed by atoms with Crippen LogP contribution in [0.3, 0.4) is 0 Å².